The van der Waals surface area contributed by atoms with Gasteiger partial charge in [0, 0.05) is 0 Å². The van der Waals surface area contributed by atoms with Crippen molar-refractivity contribution in [1.29, 1.82) is 0 Å². The fourth-order valence-electron chi connectivity index (χ4n) is 0. The van der Waals surface area contributed by atoms with Crippen LogP contribution in [0.25, 0.3) is 0 Å². The fraction of sp³-hybridized carbons (Fsp3) is 0. The molecule has 3 nitrogen and oxygen atoms in total. The standard InChI is InChI=1S/Au.Gd.3O/q2*+3;3*-2. The van der Waals surface area contributed by atoms with Crippen LogP contribution in [0.2, 0.25) is 0 Å². The van der Waals surface area contributed by atoms with E-state index in [2.05, 4.69) is 0 Å². The molecule has 0 heterocycles. The second-order valence-corrected chi connectivity index (χ2v) is 0. The molecule has 0 spiro atoms. The van der Waals surface area contributed by atoms with Gasteiger partial charge < -0.3 is 16.4 Å². The average molecular weight is 402 g/mol. The number of rotatable bonds is 0. The molecule has 5 heteroatoms. The Morgan fingerprint density at radius 2 is 0.600 bits per heavy atom. The maximum atomic E-state index is 0. The van der Waals surface area contributed by atoms with Crippen LogP contribution in [-0.2, 0) is 38.8 Å². The predicted octanol–water partition coefficient (Wildman–Crippen LogP) is -0.359. The third kappa shape index (κ3) is 24.5. The zero-order valence-electron chi connectivity index (χ0n) is 1.88. The van der Waals surface area contributed by atoms with Crippen LogP contribution in [0.3, 0.4) is 0 Å². The Hall–Kier alpha value is 1.94. The molecule has 0 fully saturated rings. The largest absolute Gasteiger partial charge is 3.00 e. The van der Waals surface area contributed by atoms with E-state index < -0.39 is 0 Å². The van der Waals surface area contributed by atoms with Gasteiger partial charge in [0.2, 0.25) is 0 Å². The SMILES string of the molecule is [Au+3].[Gd+3].[O-2].[O-2].[O-2]. The van der Waals surface area contributed by atoms with Crippen molar-refractivity contribution in [1.82, 2.24) is 0 Å². The van der Waals surface area contributed by atoms with Crippen LogP contribution in [0.15, 0.2) is 0 Å². The first-order valence-electron chi connectivity index (χ1n) is 0. The van der Waals surface area contributed by atoms with Crippen molar-refractivity contribution < 1.29 is 78.7 Å². The molecule has 37 valence electrons. The molecule has 0 amide bonds. The van der Waals surface area contributed by atoms with E-state index in [1.807, 2.05) is 0 Å². The molecule has 0 aliphatic heterocycles. The minimum atomic E-state index is 0. The second kappa shape index (κ2) is 38.4. The molecule has 0 unspecified atom stereocenters. The van der Waals surface area contributed by atoms with E-state index in [9.17, 15) is 0 Å². The van der Waals surface area contributed by atoms with Crippen molar-refractivity contribution >= 4 is 0 Å². The normalized spacial score (nSPS) is 0. The molecule has 0 atom stereocenters. The van der Waals surface area contributed by atoms with Crippen LogP contribution >= 0.6 is 0 Å². The molecule has 0 rings (SSSR count). The summed E-state index contributed by atoms with van der Waals surface area (Å²) in [5.41, 5.74) is 0. The van der Waals surface area contributed by atoms with Crippen molar-refractivity contribution in [2.75, 3.05) is 0 Å². The number of hydrogen-bond acceptors (Lipinski definition) is 0. The first-order valence-corrected chi connectivity index (χ1v) is 0. The quantitative estimate of drug-likeness (QED) is 0.496. The summed E-state index contributed by atoms with van der Waals surface area (Å²) in [5.74, 6) is 0. The molecule has 0 aliphatic rings. The van der Waals surface area contributed by atoms with E-state index >= 15 is 0 Å². The molecule has 0 aromatic rings. The average Bonchev–Trinajstić information content (AvgIpc) is 0. The molecule has 5 heavy (non-hydrogen) atoms. The van der Waals surface area contributed by atoms with Gasteiger partial charge in [0.05, 0.1) is 0 Å². The van der Waals surface area contributed by atoms with Gasteiger partial charge in [-0.25, -0.2) is 0 Å². The first-order chi connectivity index (χ1) is 0. The van der Waals surface area contributed by atoms with Gasteiger partial charge in [0.15, 0.2) is 0 Å². The Bertz CT molecular complexity index is 6.85. The Kier molecular flexibility index (Phi) is 499. The molecular weight excluding hydrogens is 402 g/mol. The van der Waals surface area contributed by atoms with Gasteiger partial charge in [-0.05, 0) is 0 Å². The van der Waals surface area contributed by atoms with Gasteiger partial charge in [0.1, 0.15) is 0 Å². The third-order valence-electron chi connectivity index (χ3n) is 0. The van der Waals surface area contributed by atoms with Crippen LogP contribution in [0.4, 0.5) is 0 Å². The van der Waals surface area contributed by atoms with Crippen molar-refractivity contribution in [2.24, 2.45) is 0 Å². The molecule has 0 aromatic heterocycles. The van der Waals surface area contributed by atoms with Gasteiger partial charge >= 0.3 is 62.3 Å². The van der Waals surface area contributed by atoms with Crippen LogP contribution in [0, 0.1) is 39.9 Å². The van der Waals surface area contributed by atoms with E-state index in [1.165, 1.54) is 0 Å². The van der Waals surface area contributed by atoms with Gasteiger partial charge in [0.25, 0.3) is 0 Å². The summed E-state index contributed by atoms with van der Waals surface area (Å²) >= 11 is 0. The summed E-state index contributed by atoms with van der Waals surface area (Å²) in [7, 11) is 0. The fourth-order valence-corrected chi connectivity index (χ4v) is 0. The summed E-state index contributed by atoms with van der Waals surface area (Å²) in [6, 6.07) is 0. The van der Waals surface area contributed by atoms with Gasteiger partial charge in [-0.3, -0.25) is 0 Å². The van der Waals surface area contributed by atoms with Crippen LogP contribution in [-0.4, -0.2) is 0 Å². The van der Waals surface area contributed by atoms with E-state index in [4.69, 9.17) is 0 Å². The monoisotopic (exact) mass is 403 g/mol. The molecule has 0 bridgehead atoms. The van der Waals surface area contributed by atoms with Crippen molar-refractivity contribution in [2.45, 2.75) is 0 Å². The maximum Gasteiger partial charge on any atom is 3.00 e. The van der Waals surface area contributed by atoms with Crippen LogP contribution in [0.5, 0.6) is 0 Å². The van der Waals surface area contributed by atoms with Crippen molar-refractivity contribution in [3.8, 4) is 0 Å². The first kappa shape index (κ1) is 64.9. The van der Waals surface area contributed by atoms with Crippen molar-refractivity contribution in [3.63, 3.8) is 0 Å². The summed E-state index contributed by atoms with van der Waals surface area (Å²) < 4.78 is 0. The van der Waals surface area contributed by atoms with Crippen molar-refractivity contribution in [3.05, 3.63) is 0 Å². The minimum Gasteiger partial charge on any atom is -2.00 e. The molecule has 0 saturated carbocycles. The zero-order chi connectivity index (χ0) is 0. The Morgan fingerprint density at radius 3 is 0.600 bits per heavy atom. The summed E-state index contributed by atoms with van der Waals surface area (Å²) in [6.45, 7) is 0. The van der Waals surface area contributed by atoms with E-state index in [-0.39, 0.29) is 78.7 Å². The van der Waals surface area contributed by atoms with Crippen LogP contribution in [0.1, 0.15) is 0 Å². The predicted molar refractivity (Wildman–Crippen MR) is 2.06 cm³/mol. The second-order valence-electron chi connectivity index (χ2n) is 0. The van der Waals surface area contributed by atoms with E-state index in [1.54, 1.807) is 0 Å². The molecule has 1 radical (unpaired) electrons. The Labute approximate surface area is 77.6 Å². The summed E-state index contributed by atoms with van der Waals surface area (Å²) in [5, 5.41) is 0. The summed E-state index contributed by atoms with van der Waals surface area (Å²) in [4.78, 5) is 0. The van der Waals surface area contributed by atoms with Gasteiger partial charge in [-0.1, -0.05) is 0 Å². The molecule has 0 aliphatic carbocycles. The Morgan fingerprint density at radius 1 is 0.600 bits per heavy atom. The minimum absolute atomic E-state index is 0. The van der Waals surface area contributed by atoms with E-state index in [0.717, 1.165) is 0 Å². The maximum absolute atomic E-state index is 0. The number of hydrogen-bond donors (Lipinski definition) is 0. The van der Waals surface area contributed by atoms with Gasteiger partial charge in [-0.15, -0.1) is 0 Å². The smallest absolute Gasteiger partial charge is 2.00 e. The summed E-state index contributed by atoms with van der Waals surface area (Å²) in [6.07, 6.45) is 0. The molecule has 0 saturated heterocycles. The molecular formula is AuGdO3. The van der Waals surface area contributed by atoms with Crippen LogP contribution < -0.4 is 0 Å². The Balaban J connectivity index is 0. The van der Waals surface area contributed by atoms with E-state index in [0.29, 0.717) is 0 Å². The molecule has 0 aromatic carbocycles. The topological polar surface area (TPSA) is 85.5 Å². The zero-order valence-corrected chi connectivity index (χ0v) is 6.31. The van der Waals surface area contributed by atoms with Gasteiger partial charge in [-0.2, -0.15) is 0 Å². The third-order valence-corrected chi connectivity index (χ3v) is 0. The molecule has 0 N–H and O–H groups in total.